The minimum Gasteiger partial charge on any atom is -0.363 e. The Bertz CT molecular complexity index is 539. The van der Waals surface area contributed by atoms with Gasteiger partial charge >= 0.3 is 5.69 Å². The molecule has 0 amide bonds. The van der Waals surface area contributed by atoms with E-state index in [1.807, 2.05) is 0 Å². The van der Waals surface area contributed by atoms with Gasteiger partial charge in [-0.05, 0) is 18.3 Å². The average Bonchev–Trinajstić information content (AvgIpc) is 2.27. The van der Waals surface area contributed by atoms with Gasteiger partial charge in [0.1, 0.15) is 0 Å². The Hall–Kier alpha value is -1.59. The van der Waals surface area contributed by atoms with Gasteiger partial charge in [0.25, 0.3) is 5.56 Å². The molecule has 6 nitrogen and oxygen atoms in total. The summed E-state index contributed by atoms with van der Waals surface area (Å²) >= 11 is 0. The van der Waals surface area contributed by atoms with Crippen LogP contribution in [0.2, 0.25) is 0 Å². The number of anilines is 1. The second kappa shape index (κ2) is 4.01. The van der Waals surface area contributed by atoms with Crippen LogP contribution in [0.3, 0.4) is 0 Å². The van der Waals surface area contributed by atoms with Gasteiger partial charge in [0.05, 0.1) is 0 Å². The number of nitrogens with zero attached hydrogens (tertiary/aromatic N) is 3. The first kappa shape index (κ1) is 11.9. The van der Waals surface area contributed by atoms with Crippen LogP contribution in [-0.2, 0) is 14.1 Å². The van der Waals surface area contributed by atoms with Crippen molar-refractivity contribution in [2.75, 3.05) is 11.9 Å². The quantitative estimate of drug-likeness (QED) is 0.809. The summed E-state index contributed by atoms with van der Waals surface area (Å²) in [4.78, 5) is 23.2. The Morgan fingerprint density at radius 3 is 2.53 bits per heavy atom. The van der Waals surface area contributed by atoms with Crippen molar-refractivity contribution in [3.05, 3.63) is 20.8 Å². The van der Waals surface area contributed by atoms with Crippen LogP contribution in [0.5, 0.6) is 0 Å². The fourth-order valence-electron chi connectivity index (χ4n) is 2.06. The first-order valence-corrected chi connectivity index (χ1v) is 5.81. The molecule has 0 unspecified atom stereocenters. The monoisotopic (exact) mass is 238 g/mol. The molecule has 1 saturated carbocycles. The SMILES string of the molecule is Cn1nc(NCC2(C)CCC2)c(=O)n(C)c1=O. The molecule has 1 heterocycles. The summed E-state index contributed by atoms with van der Waals surface area (Å²) in [5.41, 5.74) is -0.507. The Morgan fingerprint density at radius 1 is 1.35 bits per heavy atom. The highest BCUT2D eigenvalue weighted by Gasteiger charge is 2.31. The Morgan fingerprint density at radius 2 is 2.00 bits per heavy atom. The van der Waals surface area contributed by atoms with Crippen molar-refractivity contribution in [1.82, 2.24) is 14.3 Å². The van der Waals surface area contributed by atoms with Gasteiger partial charge in [0.2, 0.25) is 5.82 Å². The molecule has 0 atom stereocenters. The Kier molecular flexibility index (Phi) is 2.81. The largest absolute Gasteiger partial charge is 0.363 e. The molecule has 0 bridgehead atoms. The van der Waals surface area contributed by atoms with Crippen molar-refractivity contribution < 1.29 is 0 Å². The van der Waals surface area contributed by atoms with Gasteiger partial charge in [-0.3, -0.25) is 9.36 Å². The summed E-state index contributed by atoms with van der Waals surface area (Å²) in [6.45, 7) is 2.92. The van der Waals surface area contributed by atoms with Crippen LogP contribution in [0.1, 0.15) is 26.2 Å². The second-order valence-corrected chi connectivity index (χ2v) is 5.14. The highest BCUT2D eigenvalue weighted by atomic mass is 16.2. The number of hydrogen-bond acceptors (Lipinski definition) is 4. The fourth-order valence-corrected chi connectivity index (χ4v) is 2.06. The molecule has 94 valence electrons. The number of aromatic nitrogens is 3. The first-order chi connectivity index (χ1) is 7.93. The summed E-state index contributed by atoms with van der Waals surface area (Å²) in [7, 11) is 3.00. The average molecular weight is 238 g/mol. The lowest BCUT2D eigenvalue weighted by molar-refractivity contribution is 0.179. The molecule has 1 aromatic heterocycles. The fraction of sp³-hybridized carbons (Fsp3) is 0.727. The first-order valence-electron chi connectivity index (χ1n) is 5.81. The van der Waals surface area contributed by atoms with Crippen LogP contribution >= 0.6 is 0 Å². The number of rotatable bonds is 3. The molecule has 1 aliphatic carbocycles. The van der Waals surface area contributed by atoms with Crippen LogP contribution in [0.25, 0.3) is 0 Å². The van der Waals surface area contributed by atoms with Crippen molar-refractivity contribution >= 4 is 5.82 Å². The molecule has 1 N–H and O–H groups in total. The van der Waals surface area contributed by atoms with Gasteiger partial charge in [-0.2, -0.15) is 0 Å². The molecule has 17 heavy (non-hydrogen) atoms. The van der Waals surface area contributed by atoms with E-state index in [9.17, 15) is 9.59 Å². The molecule has 6 heteroatoms. The molecule has 2 rings (SSSR count). The Balaban J connectivity index is 2.22. The highest BCUT2D eigenvalue weighted by molar-refractivity contribution is 5.30. The van der Waals surface area contributed by atoms with Crippen molar-refractivity contribution in [3.63, 3.8) is 0 Å². The standard InChI is InChI=1S/C11H18N4O2/c1-11(5-4-6-11)7-12-8-9(16)14(2)10(17)15(3)13-8/h4-7H2,1-3H3,(H,12,13). The van der Waals surface area contributed by atoms with E-state index in [2.05, 4.69) is 17.3 Å². The molecule has 0 spiro atoms. The lowest BCUT2D eigenvalue weighted by atomic mass is 9.70. The van der Waals surface area contributed by atoms with E-state index in [4.69, 9.17) is 0 Å². The summed E-state index contributed by atoms with van der Waals surface area (Å²) < 4.78 is 2.24. The van der Waals surface area contributed by atoms with Crippen molar-refractivity contribution in [2.45, 2.75) is 26.2 Å². The molecular formula is C11H18N4O2. The van der Waals surface area contributed by atoms with Gasteiger partial charge in [0, 0.05) is 20.6 Å². The van der Waals surface area contributed by atoms with Gasteiger partial charge in [-0.1, -0.05) is 13.3 Å². The maximum Gasteiger partial charge on any atom is 0.346 e. The van der Waals surface area contributed by atoms with E-state index in [-0.39, 0.29) is 16.8 Å². The summed E-state index contributed by atoms with van der Waals surface area (Å²) in [6.07, 6.45) is 3.59. The van der Waals surface area contributed by atoms with Crippen LogP contribution in [-0.4, -0.2) is 20.9 Å². The lowest BCUT2D eigenvalue weighted by Crippen LogP contribution is -2.41. The molecule has 0 aliphatic heterocycles. The van der Waals surface area contributed by atoms with E-state index in [0.29, 0.717) is 0 Å². The number of hydrogen-bond donors (Lipinski definition) is 1. The van der Waals surface area contributed by atoms with Gasteiger partial charge in [-0.15, -0.1) is 5.10 Å². The summed E-state index contributed by atoms with van der Waals surface area (Å²) in [5, 5.41) is 7.01. The number of aryl methyl sites for hydroxylation is 1. The summed E-state index contributed by atoms with van der Waals surface area (Å²) in [6, 6.07) is 0. The molecule has 0 aromatic carbocycles. The van der Waals surface area contributed by atoms with Gasteiger partial charge < -0.3 is 5.32 Å². The van der Waals surface area contributed by atoms with Crippen LogP contribution in [0, 0.1) is 5.41 Å². The van der Waals surface area contributed by atoms with Gasteiger partial charge in [0.15, 0.2) is 0 Å². The summed E-state index contributed by atoms with van der Waals surface area (Å²) in [5.74, 6) is 0.253. The minimum absolute atomic E-state index is 0.253. The molecule has 0 saturated heterocycles. The molecule has 1 aromatic rings. The lowest BCUT2D eigenvalue weighted by Gasteiger charge is -2.38. The van der Waals surface area contributed by atoms with E-state index < -0.39 is 5.69 Å². The van der Waals surface area contributed by atoms with E-state index in [1.165, 1.54) is 38.0 Å². The van der Waals surface area contributed by atoms with E-state index >= 15 is 0 Å². The smallest absolute Gasteiger partial charge is 0.346 e. The maximum atomic E-state index is 11.8. The van der Waals surface area contributed by atoms with Gasteiger partial charge in [-0.25, -0.2) is 9.48 Å². The van der Waals surface area contributed by atoms with E-state index in [0.717, 1.165) is 11.1 Å². The highest BCUT2D eigenvalue weighted by Crippen LogP contribution is 2.39. The van der Waals surface area contributed by atoms with Crippen molar-refractivity contribution in [1.29, 1.82) is 0 Å². The number of nitrogens with one attached hydrogen (secondary N) is 1. The third-order valence-corrected chi connectivity index (χ3v) is 3.56. The minimum atomic E-state index is -0.407. The molecule has 1 aliphatic rings. The molecular weight excluding hydrogens is 220 g/mol. The van der Waals surface area contributed by atoms with Crippen LogP contribution in [0.15, 0.2) is 9.59 Å². The third-order valence-electron chi connectivity index (χ3n) is 3.56. The molecule has 1 fully saturated rings. The maximum absolute atomic E-state index is 11.8. The third kappa shape index (κ3) is 2.11. The van der Waals surface area contributed by atoms with Crippen LogP contribution in [0.4, 0.5) is 5.82 Å². The van der Waals surface area contributed by atoms with Crippen LogP contribution < -0.4 is 16.6 Å². The van der Waals surface area contributed by atoms with Crippen molar-refractivity contribution in [2.24, 2.45) is 19.5 Å². The second-order valence-electron chi connectivity index (χ2n) is 5.14. The van der Waals surface area contributed by atoms with E-state index in [1.54, 1.807) is 0 Å². The zero-order chi connectivity index (χ0) is 12.6. The topological polar surface area (TPSA) is 68.9 Å². The molecule has 0 radical (unpaired) electrons. The van der Waals surface area contributed by atoms with Crippen molar-refractivity contribution in [3.8, 4) is 0 Å². The predicted octanol–water partition coefficient (Wildman–Crippen LogP) is 0.0811. The predicted molar refractivity (Wildman–Crippen MR) is 65.2 cm³/mol. The zero-order valence-electron chi connectivity index (χ0n) is 10.5. The Labute approximate surface area is 99.3 Å². The zero-order valence-corrected chi connectivity index (χ0v) is 10.5. The normalized spacial score (nSPS) is 17.6.